The van der Waals surface area contributed by atoms with Gasteiger partial charge in [0, 0.05) is 19.1 Å². The number of aliphatic carboxylic acids is 2. The van der Waals surface area contributed by atoms with Crippen LogP contribution < -0.4 is 0 Å². The van der Waals surface area contributed by atoms with Gasteiger partial charge in [0.15, 0.2) is 5.92 Å². The molecule has 0 amide bonds. The van der Waals surface area contributed by atoms with Crippen LogP contribution in [-0.4, -0.2) is 45.6 Å². The number of hydrogen-bond acceptors (Lipinski definition) is 4. The number of aliphatic hydroxyl groups excluding tert-OH is 2. The van der Waals surface area contributed by atoms with Crippen LogP contribution in [0.1, 0.15) is 6.42 Å². The first-order chi connectivity index (χ1) is 6.04. The van der Waals surface area contributed by atoms with Crippen molar-refractivity contribution in [3.63, 3.8) is 0 Å². The van der Waals surface area contributed by atoms with E-state index in [2.05, 4.69) is 0 Å². The number of aliphatic hydroxyl groups is 2. The Morgan fingerprint density at radius 2 is 1.54 bits per heavy atom. The van der Waals surface area contributed by atoms with Crippen LogP contribution >= 0.6 is 0 Å². The van der Waals surface area contributed by atoms with Crippen molar-refractivity contribution in [2.75, 3.05) is 13.2 Å². The summed E-state index contributed by atoms with van der Waals surface area (Å²) < 4.78 is 0. The maximum atomic E-state index is 10.4. The molecular formula is C7H12O6. The fourth-order valence-corrected chi connectivity index (χ4v) is 1.04. The van der Waals surface area contributed by atoms with E-state index in [1.807, 2.05) is 0 Å². The Morgan fingerprint density at radius 1 is 1.08 bits per heavy atom. The van der Waals surface area contributed by atoms with Crippen LogP contribution in [0.15, 0.2) is 0 Å². The van der Waals surface area contributed by atoms with E-state index < -0.39 is 30.4 Å². The third-order valence-electron chi connectivity index (χ3n) is 1.74. The molecule has 0 saturated heterocycles. The lowest BCUT2D eigenvalue weighted by molar-refractivity contribution is -0.158. The Morgan fingerprint density at radius 3 is 1.77 bits per heavy atom. The molecule has 0 aliphatic rings. The number of carbonyl (C=O) groups is 2. The monoisotopic (exact) mass is 192 g/mol. The van der Waals surface area contributed by atoms with Gasteiger partial charge in [-0.25, -0.2) is 0 Å². The largest absolute Gasteiger partial charge is 0.481 e. The summed E-state index contributed by atoms with van der Waals surface area (Å²) >= 11 is 0. The van der Waals surface area contributed by atoms with Crippen LogP contribution in [0.2, 0.25) is 0 Å². The smallest absolute Gasteiger partial charge is 0.318 e. The third-order valence-corrected chi connectivity index (χ3v) is 1.74. The number of carboxylic acids is 2. The maximum Gasteiger partial charge on any atom is 0.318 e. The molecule has 0 spiro atoms. The number of rotatable bonds is 6. The molecule has 0 aromatic carbocycles. The summed E-state index contributed by atoms with van der Waals surface area (Å²) in [6.45, 7) is -0.911. The lowest BCUT2D eigenvalue weighted by Crippen LogP contribution is -2.33. The minimum absolute atomic E-state index is 0.0419. The SMILES string of the molecule is O=C(O)C(C(=O)O)C(CO)CCO. The van der Waals surface area contributed by atoms with Gasteiger partial charge in [0.25, 0.3) is 0 Å². The Hall–Kier alpha value is -1.14. The molecule has 4 N–H and O–H groups in total. The quantitative estimate of drug-likeness (QED) is 0.391. The summed E-state index contributed by atoms with van der Waals surface area (Å²) in [6.07, 6.45) is -0.0419. The van der Waals surface area contributed by atoms with Gasteiger partial charge in [-0.15, -0.1) is 0 Å². The van der Waals surface area contributed by atoms with E-state index in [0.29, 0.717) is 0 Å². The van der Waals surface area contributed by atoms with Crippen LogP contribution in [0.25, 0.3) is 0 Å². The van der Waals surface area contributed by atoms with Gasteiger partial charge in [0.2, 0.25) is 0 Å². The molecule has 1 atom stereocenters. The summed E-state index contributed by atoms with van der Waals surface area (Å²) in [4.78, 5) is 20.9. The van der Waals surface area contributed by atoms with Crippen molar-refractivity contribution < 1.29 is 30.0 Å². The molecule has 76 valence electrons. The highest BCUT2D eigenvalue weighted by Gasteiger charge is 2.33. The fourth-order valence-electron chi connectivity index (χ4n) is 1.04. The van der Waals surface area contributed by atoms with Gasteiger partial charge in [-0.05, 0) is 6.42 Å². The Kier molecular flexibility index (Phi) is 5.01. The topological polar surface area (TPSA) is 115 Å². The first-order valence-electron chi connectivity index (χ1n) is 3.72. The molecule has 6 heteroatoms. The molecule has 0 aromatic rings. The van der Waals surface area contributed by atoms with Crippen molar-refractivity contribution in [3.05, 3.63) is 0 Å². The zero-order valence-electron chi connectivity index (χ0n) is 6.88. The van der Waals surface area contributed by atoms with Crippen LogP contribution in [0.3, 0.4) is 0 Å². The molecule has 0 fully saturated rings. The van der Waals surface area contributed by atoms with E-state index in [-0.39, 0.29) is 13.0 Å². The molecule has 6 nitrogen and oxygen atoms in total. The molecule has 0 heterocycles. The normalized spacial score (nSPS) is 12.8. The van der Waals surface area contributed by atoms with Crippen molar-refractivity contribution in [2.45, 2.75) is 6.42 Å². The van der Waals surface area contributed by atoms with Gasteiger partial charge >= 0.3 is 11.9 Å². The molecule has 0 aliphatic heterocycles. The van der Waals surface area contributed by atoms with Crippen molar-refractivity contribution in [1.82, 2.24) is 0 Å². The summed E-state index contributed by atoms with van der Waals surface area (Å²) in [7, 11) is 0. The lowest BCUT2D eigenvalue weighted by atomic mass is 9.90. The van der Waals surface area contributed by atoms with E-state index in [1.54, 1.807) is 0 Å². The maximum absolute atomic E-state index is 10.4. The minimum Gasteiger partial charge on any atom is -0.481 e. The summed E-state index contributed by atoms with van der Waals surface area (Å²) in [5.74, 6) is -5.60. The molecule has 0 rings (SSSR count). The molecule has 0 bridgehead atoms. The lowest BCUT2D eigenvalue weighted by Gasteiger charge is -2.16. The summed E-state index contributed by atoms with van der Waals surface area (Å²) in [5.41, 5.74) is 0. The van der Waals surface area contributed by atoms with Crippen LogP contribution in [0.5, 0.6) is 0 Å². The standard InChI is InChI=1S/C7H12O6/c8-2-1-4(3-9)5(6(10)11)7(12)13/h4-5,8-9H,1-3H2,(H,10,11)(H,12,13). The molecule has 1 unspecified atom stereocenters. The van der Waals surface area contributed by atoms with Crippen LogP contribution in [0, 0.1) is 11.8 Å². The summed E-state index contributed by atoms with van der Waals surface area (Å²) in [5, 5.41) is 34.2. The molecular weight excluding hydrogens is 180 g/mol. The van der Waals surface area contributed by atoms with Crippen molar-refractivity contribution >= 4 is 11.9 Å². The summed E-state index contributed by atoms with van der Waals surface area (Å²) in [6, 6.07) is 0. The van der Waals surface area contributed by atoms with Crippen molar-refractivity contribution in [2.24, 2.45) is 11.8 Å². The zero-order chi connectivity index (χ0) is 10.4. The molecule has 13 heavy (non-hydrogen) atoms. The van der Waals surface area contributed by atoms with E-state index in [9.17, 15) is 9.59 Å². The van der Waals surface area contributed by atoms with Crippen LogP contribution in [-0.2, 0) is 9.59 Å². The highest BCUT2D eigenvalue weighted by Crippen LogP contribution is 2.16. The van der Waals surface area contributed by atoms with Crippen molar-refractivity contribution in [1.29, 1.82) is 0 Å². The highest BCUT2D eigenvalue weighted by molar-refractivity contribution is 5.93. The third kappa shape index (κ3) is 3.39. The van der Waals surface area contributed by atoms with Gasteiger partial charge in [-0.3, -0.25) is 9.59 Å². The van der Waals surface area contributed by atoms with E-state index >= 15 is 0 Å². The van der Waals surface area contributed by atoms with Gasteiger partial charge in [0.05, 0.1) is 0 Å². The molecule has 0 aromatic heterocycles. The zero-order valence-corrected chi connectivity index (χ0v) is 6.88. The van der Waals surface area contributed by atoms with Gasteiger partial charge in [-0.2, -0.15) is 0 Å². The number of hydrogen-bond donors (Lipinski definition) is 4. The molecule has 0 aliphatic carbocycles. The Balaban J connectivity index is 4.48. The number of carboxylic acid groups (broad SMARTS) is 2. The van der Waals surface area contributed by atoms with Crippen LogP contribution in [0.4, 0.5) is 0 Å². The highest BCUT2D eigenvalue weighted by atomic mass is 16.4. The predicted molar refractivity (Wildman–Crippen MR) is 41.0 cm³/mol. The second-order valence-electron chi connectivity index (χ2n) is 2.61. The molecule has 0 saturated carbocycles. The van der Waals surface area contributed by atoms with Crippen molar-refractivity contribution in [3.8, 4) is 0 Å². The first kappa shape index (κ1) is 11.9. The van der Waals surface area contributed by atoms with E-state index in [0.717, 1.165) is 0 Å². The predicted octanol–water partition coefficient (Wildman–Crippen LogP) is -1.24. The van der Waals surface area contributed by atoms with E-state index in [4.69, 9.17) is 20.4 Å². The fraction of sp³-hybridized carbons (Fsp3) is 0.714. The Labute approximate surface area is 74.4 Å². The Bertz CT molecular complexity index is 175. The van der Waals surface area contributed by atoms with Gasteiger partial charge in [0.1, 0.15) is 0 Å². The second-order valence-corrected chi connectivity index (χ2v) is 2.61. The minimum atomic E-state index is -1.66. The molecule has 0 radical (unpaired) electrons. The first-order valence-corrected chi connectivity index (χ1v) is 3.72. The second kappa shape index (κ2) is 5.50. The van der Waals surface area contributed by atoms with Gasteiger partial charge in [-0.1, -0.05) is 0 Å². The van der Waals surface area contributed by atoms with E-state index in [1.165, 1.54) is 0 Å². The van der Waals surface area contributed by atoms with Gasteiger partial charge < -0.3 is 20.4 Å². The average Bonchev–Trinajstić information content (AvgIpc) is 2.02. The average molecular weight is 192 g/mol.